The van der Waals surface area contributed by atoms with E-state index < -0.39 is 32.7 Å². The van der Waals surface area contributed by atoms with Gasteiger partial charge in [-0.1, -0.05) is 0 Å². The summed E-state index contributed by atoms with van der Waals surface area (Å²) >= 11 is 0. The molecule has 2 aliphatic rings. The number of carbonyl (C=O) groups excluding carboxylic acids is 1. The molecule has 0 radical (unpaired) electrons. The zero-order valence-electron chi connectivity index (χ0n) is 19.8. The van der Waals surface area contributed by atoms with Gasteiger partial charge in [-0.3, -0.25) is 4.79 Å². The summed E-state index contributed by atoms with van der Waals surface area (Å²) in [4.78, 5) is 26.2. The van der Waals surface area contributed by atoms with Gasteiger partial charge in [-0.2, -0.15) is 0 Å². The molecule has 1 aromatic heterocycles. The second kappa shape index (κ2) is 9.07. The van der Waals surface area contributed by atoms with Gasteiger partial charge in [0.25, 0.3) is 5.56 Å². The molecular formula is C24H30N2O7S. The van der Waals surface area contributed by atoms with Gasteiger partial charge in [0, 0.05) is 37.8 Å². The predicted molar refractivity (Wildman–Crippen MR) is 127 cm³/mol. The number of esters is 1. The molecular weight excluding hydrogens is 460 g/mol. The number of methoxy groups -OCH3 is 1. The number of sulfone groups is 1. The minimum Gasteiger partial charge on any atom is -0.491 e. The number of aromatic nitrogens is 1. The van der Waals surface area contributed by atoms with Crippen LogP contribution >= 0.6 is 0 Å². The molecule has 1 fully saturated rings. The molecule has 0 saturated heterocycles. The Morgan fingerprint density at radius 1 is 1.21 bits per heavy atom. The quantitative estimate of drug-likeness (QED) is 0.339. The molecule has 4 rings (SSSR count). The molecule has 1 aliphatic heterocycles. The molecule has 1 atom stereocenters. The van der Waals surface area contributed by atoms with Crippen molar-refractivity contribution >= 4 is 21.5 Å². The number of nitrogens with zero attached hydrogens (tertiary/aromatic N) is 1. The van der Waals surface area contributed by atoms with Gasteiger partial charge in [0.15, 0.2) is 9.84 Å². The zero-order valence-corrected chi connectivity index (χ0v) is 20.6. The number of carbonyl (C=O) groups is 1. The van der Waals surface area contributed by atoms with Crippen molar-refractivity contribution in [3.05, 3.63) is 39.7 Å². The van der Waals surface area contributed by atoms with E-state index in [0.29, 0.717) is 36.5 Å². The van der Waals surface area contributed by atoms with Crippen LogP contribution in [-0.4, -0.2) is 45.4 Å². The Labute approximate surface area is 198 Å². The SMILES string of the molecule is COCCCOc1cc2c(cc1N)-c1c(cc(C(=O)OC(C)C)c(=O)n1C1CC1)C(C)S2(=O)=O. The van der Waals surface area contributed by atoms with E-state index in [2.05, 4.69) is 0 Å². The molecule has 2 N–H and O–H groups in total. The predicted octanol–water partition coefficient (Wildman–Crippen LogP) is 3.26. The van der Waals surface area contributed by atoms with Crippen molar-refractivity contribution in [3.63, 3.8) is 0 Å². The number of benzene rings is 1. The fraction of sp³-hybridized carbons (Fsp3) is 0.500. The third-order valence-corrected chi connectivity index (χ3v) is 8.20. The highest BCUT2D eigenvalue weighted by molar-refractivity contribution is 7.92. The van der Waals surface area contributed by atoms with E-state index >= 15 is 0 Å². The average Bonchev–Trinajstić information content (AvgIpc) is 3.60. The van der Waals surface area contributed by atoms with Crippen LogP contribution < -0.4 is 16.0 Å². The number of ether oxygens (including phenoxy) is 3. The smallest absolute Gasteiger partial charge is 0.344 e. The van der Waals surface area contributed by atoms with Crippen molar-refractivity contribution in [1.29, 1.82) is 0 Å². The summed E-state index contributed by atoms with van der Waals surface area (Å²) in [5, 5.41) is -0.976. The van der Waals surface area contributed by atoms with Gasteiger partial charge in [0.2, 0.25) is 0 Å². The van der Waals surface area contributed by atoms with Crippen molar-refractivity contribution in [1.82, 2.24) is 4.57 Å². The first-order valence-electron chi connectivity index (χ1n) is 11.4. The molecule has 2 aromatic rings. The lowest BCUT2D eigenvalue weighted by Gasteiger charge is -2.29. The highest BCUT2D eigenvalue weighted by atomic mass is 32.2. The van der Waals surface area contributed by atoms with E-state index in [4.69, 9.17) is 19.9 Å². The van der Waals surface area contributed by atoms with Crippen LogP contribution in [0.25, 0.3) is 11.3 Å². The van der Waals surface area contributed by atoms with Crippen LogP contribution in [0.4, 0.5) is 5.69 Å². The van der Waals surface area contributed by atoms with Crippen molar-refractivity contribution in [2.75, 3.05) is 26.1 Å². The Balaban J connectivity index is 1.92. The van der Waals surface area contributed by atoms with E-state index in [1.54, 1.807) is 38.5 Å². The van der Waals surface area contributed by atoms with Crippen molar-refractivity contribution < 1.29 is 27.4 Å². The summed E-state index contributed by atoms with van der Waals surface area (Å²) < 4.78 is 44.6. The summed E-state index contributed by atoms with van der Waals surface area (Å²) in [6.45, 7) is 5.76. The van der Waals surface area contributed by atoms with Crippen LogP contribution in [-0.2, 0) is 19.3 Å². The topological polar surface area (TPSA) is 127 Å². The van der Waals surface area contributed by atoms with Gasteiger partial charge >= 0.3 is 5.97 Å². The van der Waals surface area contributed by atoms with Crippen molar-refractivity contribution in [2.24, 2.45) is 0 Å². The fourth-order valence-corrected chi connectivity index (χ4v) is 5.85. The van der Waals surface area contributed by atoms with Gasteiger partial charge < -0.3 is 24.5 Å². The maximum Gasteiger partial charge on any atom is 0.344 e. The standard InChI is InChI=1S/C24H30N2O7S/c1-13(2)33-24(28)18-10-16-14(3)34(29,30)21-12-20(32-9-5-8-31-4)19(25)11-17(21)22(16)26(23(18)27)15-6-7-15/h10-15H,5-9,25H2,1-4H3. The molecule has 34 heavy (non-hydrogen) atoms. The molecule has 1 aliphatic carbocycles. The minimum absolute atomic E-state index is 0.0646. The molecule has 0 spiro atoms. The van der Waals surface area contributed by atoms with Crippen LogP contribution in [0.2, 0.25) is 0 Å². The van der Waals surface area contributed by atoms with Gasteiger partial charge in [-0.15, -0.1) is 0 Å². The Morgan fingerprint density at radius 3 is 2.53 bits per heavy atom. The number of nitrogens with two attached hydrogens (primary N) is 1. The molecule has 0 amide bonds. The summed E-state index contributed by atoms with van der Waals surface area (Å²) in [6, 6.07) is 4.25. The monoisotopic (exact) mass is 490 g/mol. The number of rotatable bonds is 8. The summed E-state index contributed by atoms with van der Waals surface area (Å²) in [5.41, 5.74) is 7.10. The van der Waals surface area contributed by atoms with Crippen molar-refractivity contribution in [2.45, 2.75) is 62.3 Å². The lowest BCUT2D eigenvalue weighted by atomic mass is 9.99. The molecule has 10 heteroatoms. The molecule has 184 valence electrons. The number of hydrogen-bond donors (Lipinski definition) is 1. The third-order valence-electron chi connectivity index (χ3n) is 6.07. The van der Waals surface area contributed by atoms with Crippen molar-refractivity contribution in [3.8, 4) is 17.0 Å². The molecule has 0 bridgehead atoms. The van der Waals surface area contributed by atoms with Crippen LogP contribution in [0.15, 0.2) is 27.9 Å². The minimum atomic E-state index is -3.84. The maximum absolute atomic E-state index is 13.5. The van der Waals surface area contributed by atoms with Gasteiger partial charge in [0.05, 0.1) is 34.2 Å². The second-order valence-electron chi connectivity index (χ2n) is 8.99. The van der Waals surface area contributed by atoms with Crippen LogP contribution in [0, 0.1) is 0 Å². The second-order valence-corrected chi connectivity index (χ2v) is 11.2. The number of hydrogen-bond acceptors (Lipinski definition) is 8. The van der Waals surface area contributed by atoms with E-state index in [1.807, 2.05) is 0 Å². The van der Waals surface area contributed by atoms with Gasteiger partial charge in [-0.25, -0.2) is 13.2 Å². The van der Waals surface area contributed by atoms with Crippen LogP contribution in [0.3, 0.4) is 0 Å². The molecule has 2 heterocycles. The lowest BCUT2D eigenvalue weighted by Crippen LogP contribution is -2.33. The first kappa shape index (κ1) is 24.3. The summed E-state index contributed by atoms with van der Waals surface area (Å²) in [5.74, 6) is -0.488. The highest BCUT2D eigenvalue weighted by Gasteiger charge is 2.41. The Kier molecular flexibility index (Phi) is 6.48. The number of fused-ring (bicyclic) bond motifs is 3. The number of nitrogen functional groups attached to an aromatic ring is 1. The summed E-state index contributed by atoms with van der Waals surface area (Å²) in [7, 11) is -2.25. The number of anilines is 1. The lowest BCUT2D eigenvalue weighted by molar-refractivity contribution is 0.0375. The molecule has 9 nitrogen and oxygen atoms in total. The average molecular weight is 491 g/mol. The molecule has 1 aromatic carbocycles. The van der Waals surface area contributed by atoms with Crippen LogP contribution in [0.1, 0.15) is 67.2 Å². The Morgan fingerprint density at radius 2 is 1.91 bits per heavy atom. The van der Waals surface area contributed by atoms with Crippen LogP contribution in [0.5, 0.6) is 5.75 Å². The Hall–Kier alpha value is -2.85. The summed E-state index contributed by atoms with van der Waals surface area (Å²) in [6.07, 6.45) is 1.74. The van der Waals surface area contributed by atoms with Gasteiger partial charge in [-0.05, 0) is 51.3 Å². The maximum atomic E-state index is 13.5. The number of pyridine rings is 1. The van der Waals surface area contributed by atoms with E-state index in [1.165, 1.54) is 12.1 Å². The fourth-order valence-electron chi connectivity index (χ4n) is 4.22. The van der Waals surface area contributed by atoms with E-state index in [0.717, 1.165) is 12.8 Å². The van der Waals surface area contributed by atoms with E-state index in [-0.39, 0.29) is 27.9 Å². The largest absolute Gasteiger partial charge is 0.491 e. The zero-order chi connectivity index (χ0) is 24.8. The molecule has 1 unspecified atom stereocenters. The normalized spacial score (nSPS) is 18.3. The van der Waals surface area contributed by atoms with Gasteiger partial charge in [0.1, 0.15) is 11.3 Å². The third kappa shape index (κ3) is 4.20. The highest BCUT2D eigenvalue weighted by Crippen LogP contribution is 2.49. The Bertz CT molecular complexity index is 1290. The van der Waals surface area contributed by atoms with E-state index in [9.17, 15) is 18.0 Å². The first-order chi connectivity index (χ1) is 16.1. The molecule has 1 saturated carbocycles. The first-order valence-corrected chi connectivity index (χ1v) is 12.9.